The van der Waals surface area contributed by atoms with E-state index in [1.807, 2.05) is 24.3 Å². The lowest BCUT2D eigenvalue weighted by atomic mass is 10.2. The predicted molar refractivity (Wildman–Crippen MR) is 111 cm³/mol. The van der Waals surface area contributed by atoms with E-state index in [1.165, 1.54) is 17.0 Å². The number of thioether (sulfide) groups is 1. The van der Waals surface area contributed by atoms with E-state index >= 15 is 0 Å². The standard InChI is InChI=1S/C16H12BrClN2O3S3/c1-2-20-15(21)12(9-10-3-5-11(17)6-4-10)24-16(20)19-26(22,23)14-8-7-13(18)25-14/h3-9H,2H2,1H3. The van der Waals surface area contributed by atoms with Gasteiger partial charge in [-0.2, -0.15) is 8.42 Å². The molecule has 0 N–H and O–H groups in total. The van der Waals surface area contributed by atoms with Gasteiger partial charge in [0.1, 0.15) is 4.21 Å². The van der Waals surface area contributed by atoms with Crippen LogP contribution in [0.3, 0.4) is 0 Å². The van der Waals surface area contributed by atoms with Crippen LogP contribution in [0.5, 0.6) is 0 Å². The third-order valence-electron chi connectivity index (χ3n) is 3.37. The Bertz CT molecular complexity index is 1010. The summed E-state index contributed by atoms with van der Waals surface area (Å²) in [5, 5.41) is 0.144. The van der Waals surface area contributed by atoms with Gasteiger partial charge < -0.3 is 0 Å². The van der Waals surface area contributed by atoms with Gasteiger partial charge in [-0.1, -0.05) is 39.7 Å². The molecular weight excluding hydrogens is 480 g/mol. The fourth-order valence-electron chi connectivity index (χ4n) is 2.15. The smallest absolute Gasteiger partial charge is 0.286 e. The molecule has 5 nitrogen and oxygen atoms in total. The molecule has 1 amide bonds. The van der Waals surface area contributed by atoms with Gasteiger partial charge in [0, 0.05) is 11.0 Å². The third-order valence-corrected chi connectivity index (χ3v) is 7.99. The van der Waals surface area contributed by atoms with Gasteiger partial charge in [0.15, 0.2) is 5.17 Å². The molecule has 0 bridgehead atoms. The number of amides is 1. The zero-order chi connectivity index (χ0) is 18.9. The summed E-state index contributed by atoms with van der Waals surface area (Å²) < 4.78 is 30.1. The Morgan fingerprint density at radius 2 is 1.92 bits per heavy atom. The Balaban J connectivity index is 1.95. The van der Waals surface area contributed by atoms with Gasteiger partial charge in [-0.05, 0) is 54.6 Å². The lowest BCUT2D eigenvalue weighted by molar-refractivity contribution is -0.122. The molecule has 0 unspecified atom stereocenters. The molecule has 26 heavy (non-hydrogen) atoms. The van der Waals surface area contributed by atoms with Crippen molar-refractivity contribution in [1.82, 2.24) is 4.90 Å². The maximum Gasteiger partial charge on any atom is 0.294 e. The number of thiophene rings is 1. The zero-order valence-corrected chi connectivity index (χ0v) is 18.1. The molecule has 10 heteroatoms. The van der Waals surface area contributed by atoms with Crippen molar-refractivity contribution in [2.75, 3.05) is 6.54 Å². The molecule has 2 heterocycles. The highest BCUT2D eigenvalue weighted by Crippen LogP contribution is 2.34. The van der Waals surface area contributed by atoms with E-state index in [1.54, 1.807) is 13.0 Å². The van der Waals surface area contributed by atoms with Crippen LogP contribution < -0.4 is 0 Å². The molecule has 1 saturated heterocycles. The molecule has 136 valence electrons. The average molecular weight is 492 g/mol. The van der Waals surface area contributed by atoms with Crippen LogP contribution in [0.1, 0.15) is 12.5 Å². The minimum absolute atomic E-state index is 0.0458. The lowest BCUT2D eigenvalue weighted by Gasteiger charge is -2.11. The third kappa shape index (κ3) is 4.23. The molecule has 1 aromatic heterocycles. The first-order chi connectivity index (χ1) is 12.3. The minimum atomic E-state index is -3.92. The maximum absolute atomic E-state index is 12.6. The minimum Gasteiger partial charge on any atom is -0.286 e. The first-order valence-corrected chi connectivity index (χ1v) is 11.6. The number of rotatable bonds is 4. The van der Waals surface area contributed by atoms with Crippen molar-refractivity contribution in [2.45, 2.75) is 11.1 Å². The topological polar surface area (TPSA) is 66.8 Å². The Kier molecular flexibility index (Phi) is 5.93. The summed E-state index contributed by atoms with van der Waals surface area (Å²) in [5.41, 5.74) is 0.842. The number of benzene rings is 1. The van der Waals surface area contributed by atoms with Crippen LogP contribution in [-0.2, 0) is 14.8 Å². The lowest BCUT2D eigenvalue weighted by Crippen LogP contribution is -2.29. The highest BCUT2D eigenvalue weighted by atomic mass is 79.9. The van der Waals surface area contributed by atoms with Crippen LogP contribution in [0.4, 0.5) is 0 Å². The molecule has 1 aliphatic heterocycles. The summed E-state index contributed by atoms with van der Waals surface area (Å²) in [6.07, 6.45) is 1.72. The quantitative estimate of drug-likeness (QED) is 0.574. The Hall–Kier alpha value is -1.13. The molecule has 0 radical (unpaired) electrons. The van der Waals surface area contributed by atoms with Crippen LogP contribution in [0, 0.1) is 0 Å². The fraction of sp³-hybridized carbons (Fsp3) is 0.125. The first kappa shape index (κ1) is 19.6. The van der Waals surface area contributed by atoms with Crippen molar-refractivity contribution in [2.24, 2.45) is 4.40 Å². The summed E-state index contributed by atoms with van der Waals surface area (Å²) in [4.78, 5) is 14.4. The van der Waals surface area contributed by atoms with E-state index in [-0.39, 0.29) is 15.3 Å². The molecular formula is C16H12BrClN2O3S3. The van der Waals surface area contributed by atoms with E-state index in [0.29, 0.717) is 15.8 Å². The normalized spacial score (nSPS) is 18.3. The number of halogens is 2. The van der Waals surface area contributed by atoms with E-state index in [2.05, 4.69) is 20.3 Å². The largest absolute Gasteiger partial charge is 0.294 e. The first-order valence-electron chi connectivity index (χ1n) is 7.37. The van der Waals surface area contributed by atoms with Gasteiger partial charge in [-0.3, -0.25) is 9.69 Å². The van der Waals surface area contributed by atoms with Crippen molar-refractivity contribution in [3.05, 3.63) is 55.7 Å². The van der Waals surface area contributed by atoms with Crippen LogP contribution in [0.15, 0.2) is 54.4 Å². The van der Waals surface area contributed by atoms with E-state index < -0.39 is 10.0 Å². The van der Waals surface area contributed by atoms with Gasteiger partial charge in [0.2, 0.25) is 0 Å². The summed E-state index contributed by atoms with van der Waals surface area (Å²) in [7, 11) is -3.92. The highest BCUT2D eigenvalue weighted by Gasteiger charge is 2.34. The summed E-state index contributed by atoms with van der Waals surface area (Å²) in [5.74, 6) is -0.265. The Labute approximate surface area is 172 Å². The number of likely N-dealkylation sites (N-methyl/N-ethyl adjacent to an activating group) is 1. The zero-order valence-electron chi connectivity index (χ0n) is 13.3. The van der Waals surface area contributed by atoms with E-state index in [4.69, 9.17) is 11.6 Å². The molecule has 1 aliphatic rings. The number of carbonyl (C=O) groups is 1. The van der Waals surface area contributed by atoms with Crippen molar-refractivity contribution >= 4 is 77.8 Å². The van der Waals surface area contributed by atoms with Crippen molar-refractivity contribution < 1.29 is 13.2 Å². The molecule has 3 rings (SSSR count). The fourth-order valence-corrected chi connectivity index (χ4v) is 6.12. The summed E-state index contributed by atoms with van der Waals surface area (Å²) in [6, 6.07) is 10.4. The Morgan fingerprint density at radius 1 is 1.23 bits per heavy atom. The highest BCUT2D eigenvalue weighted by molar-refractivity contribution is 9.10. The molecule has 0 atom stereocenters. The van der Waals surface area contributed by atoms with Crippen LogP contribution in [0.25, 0.3) is 6.08 Å². The molecule has 2 aromatic rings. The van der Waals surface area contributed by atoms with Crippen molar-refractivity contribution in [1.29, 1.82) is 0 Å². The predicted octanol–water partition coefficient (Wildman–Crippen LogP) is 4.85. The van der Waals surface area contributed by atoms with E-state index in [0.717, 1.165) is 33.1 Å². The van der Waals surface area contributed by atoms with Crippen LogP contribution in [-0.4, -0.2) is 30.9 Å². The van der Waals surface area contributed by atoms with Crippen molar-refractivity contribution in [3.8, 4) is 0 Å². The molecule has 0 aliphatic carbocycles. The maximum atomic E-state index is 12.6. The van der Waals surface area contributed by atoms with Gasteiger partial charge >= 0.3 is 0 Å². The SMILES string of the molecule is CCN1C(=O)C(=Cc2ccc(Br)cc2)SC1=NS(=O)(=O)c1ccc(Cl)s1. The number of hydrogen-bond donors (Lipinski definition) is 0. The number of sulfonamides is 1. The molecule has 1 aromatic carbocycles. The Morgan fingerprint density at radius 3 is 2.50 bits per heavy atom. The van der Waals surface area contributed by atoms with Gasteiger partial charge in [-0.25, -0.2) is 0 Å². The number of amidine groups is 1. The summed E-state index contributed by atoms with van der Waals surface area (Å²) in [6.45, 7) is 2.09. The van der Waals surface area contributed by atoms with Gasteiger partial charge in [0.25, 0.3) is 15.9 Å². The molecule has 1 fully saturated rings. The average Bonchev–Trinajstić information content (AvgIpc) is 3.14. The summed E-state index contributed by atoms with van der Waals surface area (Å²) >= 11 is 11.2. The van der Waals surface area contributed by atoms with Gasteiger partial charge in [-0.15, -0.1) is 15.7 Å². The van der Waals surface area contributed by atoms with Gasteiger partial charge in [0.05, 0.1) is 9.24 Å². The molecule has 0 saturated carbocycles. The second-order valence-electron chi connectivity index (χ2n) is 5.12. The second kappa shape index (κ2) is 7.85. The monoisotopic (exact) mass is 490 g/mol. The molecule has 0 spiro atoms. The number of hydrogen-bond acceptors (Lipinski definition) is 5. The second-order valence-corrected chi connectivity index (χ2v) is 10.6. The number of nitrogens with zero attached hydrogens (tertiary/aromatic N) is 2. The number of carbonyl (C=O) groups excluding carboxylic acids is 1. The van der Waals surface area contributed by atoms with Crippen LogP contribution >= 0.6 is 50.6 Å². The van der Waals surface area contributed by atoms with E-state index in [9.17, 15) is 13.2 Å². The van der Waals surface area contributed by atoms with Crippen LogP contribution in [0.2, 0.25) is 4.34 Å². The van der Waals surface area contributed by atoms with Crippen molar-refractivity contribution in [3.63, 3.8) is 0 Å².